The average molecular weight is 250 g/mol. The van der Waals surface area contributed by atoms with Crippen LogP contribution in [0.25, 0.3) is 0 Å². The number of hydrogen-bond donors (Lipinski definition) is 2. The lowest BCUT2D eigenvalue weighted by molar-refractivity contribution is 0.164. The molecule has 1 fully saturated rings. The van der Waals surface area contributed by atoms with Gasteiger partial charge in [0, 0.05) is 32.2 Å². The first-order chi connectivity index (χ1) is 8.77. The van der Waals surface area contributed by atoms with Crippen LogP contribution in [0.4, 0.5) is 0 Å². The molecule has 1 heterocycles. The third-order valence-corrected chi connectivity index (χ3v) is 3.58. The zero-order valence-corrected chi connectivity index (χ0v) is 11.1. The summed E-state index contributed by atoms with van der Waals surface area (Å²) in [5.74, 6) is 1.11. The van der Waals surface area contributed by atoms with Crippen molar-refractivity contribution in [1.82, 2.24) is 10.2 Å². The molecule has 0 spiro atoms. The van der Waals surface area contributed by atoms with Crippen molar-refractivity contribution >= 4 is 0 Å². The van der Waals surface area contributed by atoms with Crippen molar-refractivity contribution in [2.75, 3.05) is 33.3 Å². The van der Waals surface area contributed by atoms with Crippen LogP contribution < -0.4 is 10.1 Å². The monoisotopic (exact) mass is 250 g/mol. The minimum atomic E-state index is 0.225. The SMILES string of the molecule is CC[C@H](c1c(O)cccc1OC)N1CCNCC1. The van der Waals surface area contributed by atoms with Crippen molar-refractivity contribution in [2.24, 2.45) is 0 Å². The summed E-state index contributed by atoms with van der Waals surface area (Å²) in [6.45, 7) is 6.18. The van der Waals surface area contributed by atoms with Gasteiger partial charge in [-0.1, -0.05) is 13.0 Å². The topological polar surface area (TPSA) is 44.7 Å². The maximum Gasteiger partial charge on any atom is 0.127 e. The fourth-order valence-corrected chi connectivity index (χ4v) is 2.68. The molecular weight excluding hydrogens is 228 g/mol. The second kappa shape index (κ2) is 6.07. The van der Waals surface area contributed by atoms with E-state index in [4.69, 9.17) is 4.74 Å². The Labute approximate surface area is 109 Å². The van der Waals surface area contributed by atoms with Crippen molar-refractivity contribution in [3.05, 3.63) is 23.8 Å². The van der Waals surface area contributed by atoms with Gasteiger partial charge in [0.1, 0.15) is 11.5 Å². The molecule has 1 aliphatic rings. The maximum atomic E-state index is 10.1. The Kier molecular flexibility index (Phi) is 4.44. The third kappa shape index (κ3) is 2.60. The second-order valence-electron chi connectivity index (χ2n) is 4.60. The van der Waals surface area contributed by atoms with Crippen LogP contribution in [-0.4, -0.2) is 43.3 Å². The van der Waals surface area contributed by atoms with E-state index < -0.39 is 0 Å². The van der Waals surface area contributed by atoms with Gasteiger partial charge in [-0.2, -0.15) is 0 Å². The lowest BCUT2D eigenvalue weighted by atomic mass is 9.99. The molecule has 0 bridgehead atoms. The number of methoxy groups -OCH3 is 1. The standard InChI is InChI=1S/C14H22N2O2/c1-3-11(16-9-7-15-8-10-16)14-12(17)5-4-6-13(14)18-2/h4-6,11,15,17H,3,7-10H2,1-2H3/t11-/m1/s1. The number of phenols is 1. The highest BCUT2D eigenvalue weighted by molar-refractivity contribution is 5.46. The van der Waals surface area contributed by atoms with Crippen molar-refractivity contribution in [3.8, 4) is 11.5 Å². The van der Waals surface area contributed by atoms with E-state index in [1.807, 2.05) is 12.1 Å². The highest BCUT2D eigenvalue weighted by atomic mass is 16.5. The van der Waals surface area contributed by atoms with E-state index in [0.717, 1.165) is 43.9 Å². The van der Waals surface area contributed by atoms with Crippen molar-refractivity contribution in [3.63, 3.8) is 0 Å². The highest BCUT2D eigenvalue weighted by Gasteiger charge is 2.25. The molecule has 1 saturated heterocycles. The van der Waals surface area contributed by atoms with Crippen LogP contribution in [-0.2, 0) is 0 Å². The van der Waals surface area contributed by atoms with Gasteiger partial charge in [0.15, 0.2) is 0 Å². The third-order valence-electron chi connectivity index (χ3n) is 3.58. The summed E-state index contributed by atoms with van der Waals surface area (Å²) in [7, 11) is 1.66. The van der Waals surface area contributed by atoms with Gasteiger partial charge in [0.05, 0.1) is 12.7 Å². The van der Waals surface area contributed by atoms with E-state index in [0.29, 0.717) is 5.75 Å². The molecule has 0 saturated carbocycles. The summed E-state index contributed by atoms with van der Waals surface area (Å²) in [6.07, 6.45) is 0.966. The zero-order valence-electron chi connectivity index (χ0n) is 11.1. The Bertz CT molecular complexity index is 389. The summed E-state index contributed by atoms with van der Waals surface area (Å²) in [6, 6.07) is 5.70. The molecule has 0 aliphatic carbocycles. The van der Waals surface area contributed by atoms with Crippen LogP contribution in [0.15, 0.2) is 18.2 Å². The van der Waals surface area contributed by atoms with E-state index in [1.54, 1.807) is 13.2 Å². The fraction of sp³-hybridized carbons (Fsp3) is 0.571. The molecule has 18 heavy (non-hydrogen) atoms. The number of ether oxygens (including phenoxy) is 1. The Morgan fingerprint density at radius 3 is 2.72 bits per heavy atom. The molecule has 0 unspecified atom stereocenters. The Morgan fingerprint density at radius 1 is 1.39 bits per heavy atom. The zero-order chi connectivity index (χ0) is 13.0. The second-order valence-corrected chi connectivity index (χ2v) is 4.60. The van der Waals surface area contributed by atoms with Gasteiger partial charge < -0.3 is 15.2 Å². The largest absolute Gasteiger partial charge is 0.507 e. The first-order valence-corrected chi connectivity index (χ1v) is 6.58. The Morgan fingerprint density at radius 2 is 2.11 bits per heavy atom. The summed E-state index contributed by atoms with van der Waals surface area (Å²) in [4.78, 5) is 2.41. The smallest absolute Gasteiger partial charge is 0.127 e. The highest BCUT2D eigenvalue weighted by Crippen LogP contribution is 2.38. The Hall–Kier alpha value is -1.26. The van der Waals surface area contributed by atoms with Crippen molar-refractivity contribution in [1.29, 1.82) is 0 Å². The van der Waals surface area contributed by atoms with E-state index in [1.165, 1.54) is 0 Å². The molecule has 0 radical (unpaired) electrons. The predicted molar refractivity (Wildman–Crippen MR) is 72.1 cm³/mol. The van der Waals surface area contributed by atoms with Crippen molar-refractivity contribution in [2.45, 2.75) is 19.4 Å². The van der Waals surface area contributed by atoms with Crippen LogP contribution in [0.2, 0.25) is 0 Å². The lowest BCUT2D eigenvalue weighted by Gasteiger charge is -2.35. The molecule has 1 aromatic carbocycles. The number of nitrogens with zero attached hydrogens (tertiary/aromatic N) is 1. The molecular formula is C14H22N2O2. The lowest BCUT2D eigenvalue weighted by Crippen LogP contribution is -2.45. The van der Waals surface area contributed by atoms with E-state index in [9.17, 15) is 5.11 Å². The van der Waals surface area contributed by atoms with Crippen LogP contribution in [0.5, 0.6) is 11.5 Å². The molecule has 4 heteroatoms. The molecule has 4 nitrogen and oxygen atoms in total. The fourth-order valence-electron chi connectivity index (χ4n) is 2.68. The molecule has 2 N–H and O–H groups in total. The molecule has 0 amide bonds. The van der Waals surface area contributed by atoms with Crippen LogP contribution in [0.1, 0.15) is 24.9 Å². The molecule has 1 atom stereocenters. The number of nitrogens with one attached hydrogen (secondary N) is 1. The van der Waals surface area contributed by atoms with E-state index in [2.05, 4.69) is 17.1 Å². The molecule has 0 aromatic heterocycles. The van der Waals surface area contributed by atoms with Gasteiger partial charge in [-0.15, -0.1) is 0 Å². The van der Waals surface area contributed by atoms with Crippen LogP contribution >= 0.6 is 0 Å². The maximum absolute atomic E-state index is 10.1. The summed E-state index contributed by atoms with van der Waals surface area (Å²) < 4.78 is 5.40. The number of phenolic OH excluding ortho intramolecular Hbond substituents is 1. The van der Waals surface area contributed by atoms with Gasteiger partial charge in [0.25, 0.3) is 0 Å². The first kappa shape index (κ1) is 13.2. The quantitative estimate of drug-likeness (QED) is 0.854. The summed E-state index contributed by atoms with van der Waals surface area (Å²) in [5.41, 5.74) is 0.921. The molecule has 2 rings (SSSR count). The Balaban J connectivity index is 2.31. The van der Waals surface area contributed by atoms with Crippen LogP contribution in [0.3, 0.4) is 0 Å². The van der Waals surface area contributed by atoms with E-state index >= 15 is 0 Å². The summed E-state index contributed by atoms with van der Waals surface area (Å²) >= 11 is 0. The van der Waals surface area contributed by atoms with Gasteiger partial charge in [0.2, 0.25) is 0 Å². The predicted octanol–water partition coefficient (Wildman–Crippen LogP) is 1.76. The first-order valence-electron chi connectivity index (χ1n) is 6.58. The van der Waals surface area contributed by atoms with E-state index in [-0.39, 0.29) is 6.04 Å². The number of aromatic hydroxyl groups is 1. The van der Waals surface area contributed by atoms with Crippen LogP contribution in [0, 0.1) is 0 Å². The minimum absolute atomic E-state index is 0.225. The number of benzene rings is 1. The average Bonchev–Trinajstić information content (AvgIpc) is 2.42. The molecule has 1 aromatic rings. The van der Waals surface area contributed by atoms with Gasteiger partial charge >= 0.3 is 0 Å². The summed E-state index contributed by atoms with van der Waals surface area (Å²) in [5, 5.41) is 13.5. The normalized spacial score (nSPS) is 18.6. The van der Waals surface area contributed by atoms with Gasteiger partial charge in [-0.05, 0) is 18.6 Å². The number of rotatable bonds is 4. The van der Waals surface area contributed by atoms with Gasteiger partial charge in [-0.3, -0.25) is 4.90 Å². The minimum Gasteiger partial charge on any atom is -0.507 e. The molecule has 100 valence electrons. The molecule has 1 aliphatic heterocycles. The number of hydrogen-bond acceptors (Lipinski definition) is 4. The number of piperazine rings is 1. The van der Waals surface area contributed by atoms with Gasteiger partial charge in [-0.25, -0.2) is 0 Å². The van der Waals surface area contributed by atoms with Crippen molar-refractivity contribution < 1.29 is 9.84 Å².